The van der Waals surface area contributed by atoms with Crippen molar-refractivity contribution in [3.63, 3.8) is 0 Å². The fraction of sp³-hybridized carbons (Fsp3) is 0.526. The van der Waals surface area contributed by atoms with Crippen LogP contribution in [0.2, 0.25) is 0 Å². The summed E-state index contributed by atoms with van der Waals surface area (Å²) in [5.74, 6) is -1.78. The number of nitrogens with one attached hydrogen (secondary N) is 1. The third-order valence-corrected chi connectivity index (χ3v) is 4.57. The minimum absolute atomic E-state index is 0.269. The SMILES string of the molecule is CSCC[C@H](N)C(=O)O.N[C@@H](Cc1ccccc1)C(=O)O.O=C(O)[C@@H]1CCCN1. The number of rotatable bonds is 8. The minimum atomic E-state index is -0.959. The van der Waals surface area contributed by atoms with Crippen LogP contribution in [0.4, 0.5) is 0 Å². The molecule has 0 aromatic heterocycles. The molecule has 1 aliphatic heterocycles. The molecule has 1 heterocycles. The van der Waals surface area contributed by atoms with Crippen LogP contribution in [-0.2, 0) is 20.8 Å². The number of aliphatic carboxylic acids is 3. The van der Waals surface area contributed by atoms with Crippen LogP contribution in [0.5, 0.6) is 0 Å². The molecule has 1 aromatic rings. The fourth-order valence-corrected chi connectivity index (χ4v) is 2.71. The summed E-state index contributed by atoms with van der Waals surface area (Å²) in [6, 6.07) is 7.59. The maximum atomic E-state index is 10.4. The molecular formula is C19H31N3O6S. The van der Waals surface area contributed by atoms with Crippen LogP contribution in [0.3, 0.4) is 0 Å². The zero-order chi connectivity index (χ0) is 22.2. The van der Waals surface area contributed by atoms with Gasteiger partial charge in [-0.2, -0.15) is 11.8 Å². The fourth-order valence-electron chi connectivity index (χ4n) is 2.22. The summed E-state index contributed by atoms with van der Waals surface area (Å²) >= 11 is 1.60. The predicted octanol–water partition coefficient (Wildman–Crippen LogP) is 0.615. The molecule has 3 atom stereocenters. The third-order valence-electron chi connectivity index (χ3n) is 3.92. The van der Waals surface area contributed by atoms with Crippen LogP contribution in [0.25, 0.3) is 0 Å². The maximum Gasteiger partial charge on any atom is 0.320 e. The molecule has 0 aliphatic carbocycles. The van der Waals surface area contributed by atoms with E-state index in [1.807, 2.05) is 36.6 Å². The molecule has 164 valence electrons. The summed E-state index contributed by atoms with van der Waals surface area (Å²) in [4.78, 5) is 30.6. The highest BCUT2D eigenvalue weighted by atomic mass is 32.2. The van der Waals surface area contributed by atoms with Gasteiger partial charge in [0.1, 0.15) is 18.1 Å². The van der Waals surface area contributed by atoms with E-state index in [1.165, 1.54) is 0 Å². The number of hydrogen-bond donors (Lipinski definition) is 6. The first-order chi connectivity index (χ1) is 13.7. The molecule has 0 saturated carbocycles. The highest BCUT2D eigenvalue weighted by Crippen LogP contribution is 2.03. The molecule has 0 spiro atoms. The molecule has 29 heavy (non-hydrogen) atoms. The standard InChI is InChI=1S/C9H11NO2.C5H11NO2S.C5H9NO2/c10-8(9(11)12)6-7-4-2-1-3-5-7;1-9-3-2-4(6)5(7)8;7-5(8)4-2-1-3-6-4/h1-5,8H,6,10H2,(H,11,12);4H,2-3,6H2,1H3,(H,7,8);4,6H,1-3H2,(H,7,8)/t8-;2*4-/m000/s1. The Labute approximate surface area is 174 Å². The Morgan fingerprint density at radius 3 is 2.07 bits per heavy atom. The van der Waals surface area contributed by atoms with E-state index in [0.29, 0.717) is 12.8 Å². The molecule has 0 bridgehead atoms. The second-order valence-corrected chi connectivity index (χ2v) is 7.33. The van der Waals surface area contributed by atoms with E-state index < -0.39 is 30.0 Å². The lowest BCUT2D eigenvalue weighted by molar-refractivity contribution is -0.139. The van der Waals surface area contributed by atoms with E-state index in [9.17, 15) is 14.4 Å². The summed E-state index contributed by atoms with van der Waals surface area (Å²) in [6.45, 7) is 0.858. The number of benzene rings is 1. The number of carboxylic acids is 3. The average molecular weight is 430 g/mol. The first-order valence-corrected chi connectivity index (χ1v) is 10.5. The molecule has 0 unspecified atom stereocenters. The van der Waals surface area contributed by atoms with Gasteiger partial charge in [0.15, 0.2) is 0 Å². The number of nitrogens with two attached hydrogens (primary N) is 2. The molecule has 0 radical (unpaired) electrons. The van der Waals surface area contributed by atoms with Crippen molar-refractivity contribution in [1.82, 2.24) is 5.32 Å². The van der Waals surface area contributed by atoms with E-state index in [4.69, 9.17) is 26.8 Å². The summed E-state index contributed by atoms with van der Waals surface area (Å²) in [7, 11) is 0. The monoisotopic (exact) mass is 429 g/mol. The summed E-state index contributed by atoms with van der Waals surface area (Å²) < 4.78 is 0. The highest BCUT2D eigenvalue weighted by Gasteiger charge is 2.20. The van der Waals surface area contributed by atoms with Crippen molar-refractivity contribution in [2.24, 2.45) is 11.5 Å². The Kier molecular flexibility index (Phi) is 14.6. The van der Waals surface area contributed by atoms with E-state index >= 15 is 0 Å². The van der Waals surface area contributed by atoms with Crippen LogP contribution in [0.15, 0.2) is 30.3 Å². The van der Waals surface area contributed by atoms with Gasteiger partial charge in [0.2, 0.25) is 0 Å². The van der Waals surface area contributed by atoms with Gasteiger partial charge in [-0.05, 0) is 49.8 Å². The van der Waals surface area contributed by atoms with Gasteiger partial charge < -0.3 is 32.1 Å². The zero-order valence-corrected chi connectivity index (χ0v) is 17.3. The van der Waals surface area contributed by atoms with E-state index in [1.54, 1.807) is 11.8 Å². The van der Waals surface area contributed by atoms with E-state index in [-0.39, 0.29) is 6.04 Å². The number of carbonyl (C=O) groups is 3. The van der Waals surface area contributed by atoms with Gasteiger partial charge in [-0.25, -0.2) is 0 Å². The first kappa shape index (κ1) is 26.9. The summed E-state index contributed by atoms with van der Waals surface area (Å²) in [5, 5.41) is 28.0. The van der Waals surface area contributed by atoms with Crippen molar-refractivity contribution in [3.8, 4) is 0 Å². The molecule has 2 rings (SSSR count). The number of thioether (sulfide) groups is 1. The Morgan fingerprint density at radius 1 is 1.10 bits per heavy atom. The molecule has 9 nitrogen and oxygen atoms in total. The number of hydrogen-bond acceptors (Lipinski definition) is 7. The van der Waals surface area contributed by atoms with Gasteiger partial charge in [-0.1, -0.05) is 30.3 Å². The van der Waals surface area contributed by atoms with Crippen LogP contribution < -0.4 is 16.8 Å². The predicted molar refractivity (Wildman–Crippen MR) is 113 cm³/mol. The summed E-state index contributed by atoms with van der Waals surface area (Å²) in [6.07, 6.45) is 4.65. The zero-order valence-electron chi connectivity index (χ0n) is 16.5. The Morgan fingerprint density at radius 2 is 1.69 bits per heavy atom. The Bertz CT molecular complexity index is 611. The lowest BCUT2D eigenvalue weighted by Gasteiger charge is -2.04. The third kappa shape index (κ3) is 13.6. The molecule has 1 aromatic carbocycles. The quantitative estimate of drug-likeness (QED) is 0.343. The molecule has 1 saturated heterocycles. The molecular weight excluding hydrogens is 398 g/mol. The van der Waals surface area contributed by atoms with Crippen molar-refractivity contribution in [2.75, 3.05) is 18.6 Å². The second kappa shape index (κ2) is 15.7. The molecule has 1 fully saturated rings. The molecule has 8 N–H and O–H groups in total. The Hall–Kier alpha value is -2.14. The average Bonchev–Trinajstić information content (AvgIpc) is 3.23. The highest BCUT2D eigenvalue weighted by molar-refractivity contribution is 7.98. The van der Waals surface area contributed by atoms with Crippen LogP contribution in [0, 0.1) is 0 Å². The van der Waals surface area contributed by atoms with Gasteiger partial charge in [-0.3, -0.25) is 14.4 Å². The van der Waals surface area contributed by atoms with Crippen LogP contribution in [-0.4, -0.2) is 69.9 Å². The van der Waals surface area contributed by atoms with Crippen molar-refractivity contribution in [1.29, 1.82) is 0 Å². The molecule has 10 heteroatoms. The van der Waals surface area contributed by atoms with Crippen LogP contribution in [0.1, 0.15) is 24.8 Å². The van der Waals surface area contributed by atoms with E-state index in [2.05, 4.69) is 5.32 Å². The van der Waals surface area contributed by atoms with Gasteiger partial charge in [0.25, 0.3) is 0 Å². The van der Waals surface area contributed by atoms with Crippen molar-refractivity contribution in [3.05, 3.63) is 35.9 Å². The van der Waals surface area contributed by atoms with Crippen LogP contribution >= 0.6 is 11.8 Å². The second-order valence-electron chi connectivity index (χ2n) is 6.35. The first-order valence-electron chi connectivity index (χ1n) is 9.14. The van der Waals surface area contributed by atoms with Crippen molar-refractivity contribution in [2.45, 2.75) is 43.8 Å². The maximum absolute atomic E-state index is 10.4. The molecule has 0 amide bonds. The molecule has 1 aliphatic rings. The van der Waals surface area contributed by atoms with Crippen molar-refractivity contribution < 1.29 is 29.7 Å². The Balaban J connectivity index is 0.000000416. The van der Waals surface area contributed by atoms with Gasteiger partial charge in [0.05, 0.1) is 0 Å². The minimum Gasteiger partial charge on any atom is -0.480 e. The number of carboxylic acid groups (broad SMARTS) is 3. The van der Waals surface area contributed by atoms with Gasteiger partial charge >= 0.3 is 17.9 Å². The van der Waals surface area contributed by atoms with Gasteiger partial charge in [-0.15, -0.1) is 0 Å². The lowest BCUT2D eigenvalue weighted by atomic mass is 10.1. The lowest BCUT2D eigenvalue weighted by Crippen LogP contribution is -2.32. The normalized spacial score (nSPS) is 17.0. The topological polar surface area (TPSA) is 176 Å². The summed E-state index contributed by atoms with van der Waals surface area (Å²) in [5.41, 5.74) is 11.5. The largest absolute Gasteiger partial charge is 0.480 e. The smallest absolute Gasteiger partial charge is 0.320 e. The van der Waals surface area contributed by atoms with E-state index in [0.717, 1.165) is 30.7 Å². The van der Waals surface area contributed by atoms with Crippen molar-refractivity contribution >= 4 is 29.7 Å². The van der Waals surface area contributed by atoms with Gasteiger partial charge in [0, 0.05) is 0 Å².